The number of anilines is 1. The fourth-order valence-electron chi connectivity index (χ4n) is 2.34. The van der Waals surface area contributed by atoms with Gasteiger partial charge >= 0.3 is 0 Å². The van der Waals surface area contributed by atoms with Crippen molar-refractivity contribution in [2.45, 2.75) is 13.5 Å². The zero-order valence-corrected chi connectivity index (χ0v) is 14.6. The molecule has 0 aliphatic rings. The molecule has 0 spiro atoms. The first-order valence-corrected chi connectivity index (χ1v) is 7.93. The van der Waals surface area contributed by atoms with Crippen LogP contribution in [0.1, 0.15) is 5.56 Å². The van der Waals surface area contributed by atoms with E-state index in [4.69, 9.17) is 4.74 Å². The summed E-state index contributed by atoms with van der Waals surface area (Å²) in [5, 5.41) is 25.4. The number of hydrogen-bond donors (Lipinski definition) is 1. The highest BCUT2D eigenvalue weighted by Gasteiger charge is 2.15. The van der Waals surface area contributed by atoms with Crippen LogP contribution in [-0.4, -0.2) is 38.1 Å². The third-order valence-corrected chi connectivity index (χ3v) is 3.72. The molecule has 0 unspecified atom stereocenters. The van der Waals surface area contributed by atoms with Crippen molar-refractivity contribution in [2.75, 3.05) is 12.4 Å². The van der Waals surface area contributed by atoms with Gasteiger partial charge in [0.25, 0.3) is 5.69 Å². The third kappa shape index (κ3) is 4.24. The molecule has 1 amide bonds. The zero-order chi connectivity index (χ0) is 19.4. The second kappa shape index (κ2) is 7.60. The van der Waals surface area contributed by atoms with E-state index < -0.39 is 10.8 Å². The Labute approximate surface area is 153 Å². The van der Waals surface area contributed by atoms with Crippen molar-refractivity contribution in [2.24, 2.45) is 0 Å². The van der Waals surface area contributed by atoms with E-state index >= 15 is 0 Å². The second-order valence-electron chi connectivity index (χ2n) is 5.70. The average molecular weight is 368 g/mol. The fraction of sp³-hybridized carbons (Fsp3) is 0.176. The number of nitro benzene ring substituents is 1. The molecule has 0 aliphatic carbocycles. The van der Waals surface area contributed by atoms with Gasteiger partial charge in [-0.25, -0.2) is 0 Å². The first-order chi connectivity index (χ1) is 13.0. The smallest absolute Gasteiger partial charge is 0.273 e. The quantitative estimate of drug-likeness (QED) is 0.522. The van der Waals surface area contributed by atoms with Gasteiger partial charge in [-0.2, -0.15) is 4.80 Å². The lowest BCUT2D eigenvalue weighted by Gasteiger charge is -2.09. The van der Waals surface area contributed by atoms with Gasteiger partial charge in [0.05, 0.1) is 23.8 Å². The van der Waals surface area contributed by atoms with Gasteiger partial charge in [-0.1, -0.05) is 29.8 Å². The summed E-state index contributed by atoms with van der Waals surface area (Å²) in [5.41, 5.74) is 2.09. The lowest BCUT2D eigenvalue weighted by Crippen LogP contribution is -2.20. The molecule has 10 nitrogen and oxygen atoms in total. The Morgan fingerprint density at radius 1 is 1.26 bits per heavy atom. The lowest BCUT2D eigenvalue weighted by molar-refractivity contribution is -0.384. The molecule has 3 aromatic rings. The maximum absolute atomic E-state index is 12.2. The zero-order valence-electron chi connectivity index (χ0n) is 14.6. The Morgan fingerprint density at radius 2 is 2.00 bits per heavy atom. The minimum atomic E-state index is -0.542. The van der Waals surface area contributed by atoms with Crippen molar-refractivity contribution in [1.29, 1.82) is 0 Å². The van der Waals surface area contributed by atoms with Crippen LogP contribution in [0.15, 0.2) is 42.5 Å². The molecule has 0 fully saturated rings. The normalized spacial score (nSPS) is 10.4. The van der Waals surface area contributed by atoms with Gasteiger partial charge < -0.3 is 10.1 Å². The van der Waals surface area contributed by atoms with Gasteiger partial charge in [0.2, 0.25) is 11.7 Å². The molecule has 0 saturated heterocycles. The van der Waals surface area contributed by atoms with Crippen LogP contribution in [-0.2, 0) is 11.3 Å². The molecule has 138 valence electrons. The second-order valence-corrected chi connectivity index (χ2v) is 5.70. The molecule has 0 atom stereocenters. The van der Waals surface area contributed by atoms with Gasteiger partial charge in [0.15, 0.2) is 0 Å². The third-order valence-electron chi connectivity index (χ3n) is 3.72. The molecule has 3 rings (SSSR count). The molecule has 1 heterocycles. The first kappa shape index (κ1) is 18.0. The maximum atomic E-state index is 12.2. The van der Waals surface area contributed by atoms with E-state index in [1.165, 1.54) is 30.1 Å². The van der Waals surface area contributed by atoms with Gasteiger partial charge in [0, 0.05) is 11.6 Å². The number of carbonyl (C=O) groups excluding carboxylic acids is 1. The van der Waals surface area contributed by atoms with Crippen molar-refractivity contribution in [3.63, 3.8) is 0 Å². The number of tetrazole rings is 1. The number of carbonyl (C=O) groups is 1. The largest absolute Gasteiger partial charge is 0.494 e. The van der Waals surface area contributed by atoms with Crippen molar-refractivity contribution in [1.82, 2.24) is 20.2 Å². The van der Waals surface area contributed by atoms with Gasteiger partial charge in [-0.05, 0) is 18.2 Å². The number of methoxy groups -OCH3 is 1. The van der Waals surface area contributed by atoms with E-state index in [1.807, 2.05) is 31.2 Å². The molecular formula is C17H16N6O4. The van der Waals surface area contributed by atoms with E-state index in [2.05, 4.69) is 20.7 Å². The van der Waals surface area contributed by atoms with Crippen molar-refractivity contribution >= 4 is 17.3 Å². The highest BCUT2D eigenvalue weighted by atomic mass is 16.6. The van der Waals surface area contributed by atoms with Crippen molar-refractivity contribution in [3.8, 4) is 17.1 Å². The number of amides is 1. The first-order valence-electron chi connectivity index (χ1n) is 7.93. The molecule has 0 saturated carbocycles. The summed E-state index contributed by atoms with van der Waals surface area (Å²) in [5.74, 6) is 0.176. The van der Waals surface area contributed by atoms with E-state index in [0.29, 0.717) is 11.5 Å². The summed E-state index contributed by atoms with van der Waals surface area (Å²) in [4.78, 5) is 23.7. The summed E-state index contributed by atoms with van der Waals surface area (Å²) in [6.07, 6.45) is 0. The monoisotopic (exact) mass is 368 g/mol. The van der Waals surface area contributed by atoms with E-state index in [9.17, 15) is 14.9 Å². The summed E-state index contributed by atoms with van der Waals surface area (Å²) in [6, 6.07) is 11.5. The SMILES string of the molecule is COc1cc([N+](=O)[O-])ccc1NC(=O)Cn1nnc(-c2ccc(C)cc2)n1. The number of benzene rings is 2. The number of aryl methyl sites for hydroxylation is 1. The summed E-state index contributed by atoms with van der Waals surface area (Å²) >= 11 is 0. The standard InChI is InChI=1S/C17H16N6O4/c1-11-3-5-12(6-4-11)17-19-21-22(20-17)10-16(24)18-14-8-7-13(23(25)26)9-15(14)27-2/h3-9H,10H2,1-2H3,(H,18,24). The Bertz CT molecular complexity index is 983. The van der Waals surface area contributed by atoms with Crippen LogP contribution in [0.3, 0.4) is 0 Å². The highest BCUT2D eigenvalue weighted by Crippen LogP contribution is 2.28. The number of ether oxygens (including phenoxy) is 1. The fourth-order valence-corrected chi connectivity index (χ4v) is 2.34. The number of rotatable bonds is 6. The van der Waals surface area contributed by atoms with Gasteiger partial charge in [-0.15, -0.1) is 10.2 Å². The average Bonchev–Trinajstić information content (AvgIpc) is 3.10. The van der Waals surface area contributed by atoms with Crippen LogP contribution in [0.5, 0.6) is 5.75 Å². The van der Waals surface area contributed by atoms with Crippen LogP contribution in [0, 0.1) is 17.0 Å². The van der Waals surface area contributed by atoms with Crippen molar-refractivity contribution < 1.29 is 14.5 Å². The minimum absolute atomic E-state index is 0.134. The van der Waals surface area contributed by atoms with Crippen LogP contribution >= 0.6 is 0 Å². The van der Waals surface area contributed by atoms with Crippen molar-refractivity contribution in [3.05, 3.63) is 58.1 Å². The molecule has 0 bridgehead atoms. The topological polar surface area (TPSA) is 125 Å². The molecule has 1 N–H and O–H groups in total. The van der Waals surface area contributed by atoms with Gasteiger partial charge in [-0.3, -0.25) is 14.9 Å². The van der Waals surface area contributed by atoms with E-state index in [1.54, 1.807) is 0 Å². The number of hydrogen-bond acceptors (Lipinski definition) is 7. The predicted molar refractivity (Wildman–Crippen MR) is 96.3 cm³/mol. The molecular weight excluding hydrogens is 352 g/mol. The number of aromatic nitrogens is 4. The number of non-ortho nitro benzene ring substituents is 1. The number of nitrogens with one attached hydrogen (secondary N) is 1. The summed E-state index contributed by atoms with van der Waals surface area (Å²) in [6.45, 7) is 1.81. The minimum Gasteiger partial charge on any atom is -0.494 e. The summed E-state index contributed by atoms with van der Waals surface area (Å²) in [7, 11) is 1.36. The Balaban J connectivity index is 1.69. The molecule has 0 aliphatic heterocycles. The Kier molecular flexibility index (Phi) is 5.06. The number of nitrogens with zero attached hydrogens (tertiary/aromatic N) is 5. The van der Waals surface area contributed by atoms with Crippen LogP contribution < -0.4 is 10.1 Å². The van der Waals surface area contributed by atoms with Crippen LogP contribution in [0.4, 0.5) is 11.4 Å². The van der Waals surface area contributed by atoms with Gasteiger partial charge in [0.1, 0.15) is 12.3 Å². The highest BCUT2D eigenvalue weighted by molar-refractivity contribution is 5.92. The van der Waals surface area contributed by atoms with Crippen LogP contribution in [0.2, 0.25) is 0 Å². The van der Waals surface area contributed by atoms with Crippen LogP contribution in [0.25, 0.3) is 11.4 Å². The molecule has 27 heavy (non-hydrogen) atoms. The molecule has 1 aromatic heterocycles. The molecule has 0 radical (unpaired) electrons. The lowest BCUT2D eigenvalue weighted by atomic mass is 10.1. The molecule has 2 aromatic carbocycles. The molecule has 10 heteroatoms. The summed E-state index contributed by atoms with van der Waals surface area (Å²) < 4.78 is 5.09. The Hall–Kier alpha value is -3.82. The van der Waals surface area contributed by atoms with E-state index in [0.717, 1.165) is 11.1 Å². The Morgan fingerprint density at radius 3 is 2.67 bits per heavy atom. The predicted octanol–water partition coefficient (Wildman–Crippen LogP) is 2.20. The van der Waals surface area contributed by atoms with E-state index in [-0.39, 0.29) is 18.0 Å². The number of nitro groups is 1. The maximum Gasteiger partial charge on any atom is 0.273 e.